The van der Waals surface area contributed by atoms with E-state index < -0.39 is 5.91 Å². The molecule has 0 fully saturated rings. The number of carbonyl (C=O) groups is 2. The van der Waals surface area contributed by atoms with Crippen molar-refractivity contribution in [1.82, 2.24) is 0 Å². The summed E-state index contributed by atoms with van der Waals surface area (Å²) < 4.78 is 4.92. The molecule has 15 heavy (non-hydrogen) atoms. The molecule has 0 saturated heterocycles. The maximum atomic E-state index is 11.2. The molecular weight excluding hydrogens is 218 g/mol. The first kappa shape index (κ1) is 11.5. The van der Waals surface area contributed by atoms with Gasteiger partial charge in [0.15, 0.2) is 5.78 Å². The third-order valence-corrected chi connectivity index (χ3v) is 2.33. The second kappa shape index (κ2) is 4.31. The molecule has 0 aliphatic rings. The van der Waals surface area contributed by atoms with Crippen molar-refractivity contribution in [3.63, 3.8) is 0 Å². The topological polar surface area (TPSA) is 69.4 Å². The first-order valence-corrected chi connectivity index (χ1v) is 4.54. The highest BCUT2D eigenvalue weighted by atomic mass is 35.5. The minimum Gasteiger partial charge on any atom is -0.495 e. The normalized spacial score (nSPS) is 9.80. The van der Waals surface area contributed by atoms with Crippen molar-refractivity contribution in [2.24, 2.45) is 5.73 Å². The Labute approximate surface area is 92.0 Å². The third kappa shape index (κ3) is 2.10. The van der Waals surface area contributed by atoms with Crippen LogP contribution in [0.25, 0.3) is 0 Å². The van der Waals surface area contributed by atoms with Crippen LogP contribution in [0.4, 0.5) is 0 Å². The zero-order valence-corrected chi connectivity index (χ0v) is 9.09. The Hall–Kier alpha value is -1.55. The van der Waals surface area contributed by atoms with Gasteiger partial charge in [0, 0.05) is 5.56 Å². The van der Waals surface area contributed by atoms with Gasteiger partial charge >= 0.3 is 0 Å². The van der Waals surface area contributed by atoms with E-state index in [0.717, 1.165) is 0 Å². The summed E-state index contributed by atoms with van der Waals surface area (Å²) in [6, 6.07) is 2.98. The standard InChI is InChI=1S/C10H10ClNO3/c1-5(13)6-3-4-7(15-2)9(11)8(6)10(12)14/h3-4H,1-2H3,(H2,12,14). The van der Waals surface area contributed by atoms with Crippen LogP contribution in [0.1, 0.15) is 27.6 Å². The Morgan fingerprint density at radius 1 is 1.40 bits per heavy atom. The first-order valence-electron chi connectivity index (χ1n) is 4.16. The van der Waals surface area contributed by atoms with E-state index in [1.165, 1.54) is 26.2 Å². The molecule has 80 valence electrons. The number of hydrogen-bond acceptors (Lipinski definition) is 3. The van der Waals surface area contributed by atoms with Crippen LogP contribution in [0.3, 0.4) is 0 Å². The van der Waals surface area contributed by atoms with Crippen LogP contribution < -0.4 is 10.5 Å². The Bertz CT molecular complexity index is 429. The van der Waals surface area contributed by atoms with Crippen LogP contribution in [-0.4, -0.2) is 18.8 Å². The Morgan fingerprint density at radius 3 is 2.40 bits per heavy atom. The molecule has 0 unspecified atom stereocenters. The molecule has 0 saturated carbocycles. The van der Waals surface area contributed by atoms with Crippen LogP contribution in [-0.2, 0) is 0 Å². The molecule has 5 heteroatoms. The van der Waals surface area contributed by atoms with Crippen molar-refractivity contribution in [2.75, 3.05) is 7.11 Å². The van der Waals surface area contributed by atoms with Gasteiger partial charge in [-0.05, 0) is 19.1 Å². The van der Waals surface area contributed by atoms with Gasteiger partial charge in [-0.15, -0.1) is 0 Å². The number of ketones is 1. The summed E-state index contributed by atoms with van der Waals surface area (Å²) in [6.07, 6.45) is 0. The van der Waals surface area contributed by atoms with Crippen molar-refractivity contribution >= 4 is 23.3 Å². The number of halogens is 1. The molecule has 1 amide bonds. The fourth-order valence-corrected chi connectivity index (χ4v) is 1.58. The number of hydrogen-bond donors (Lipinski definition) is 1. The number of carbonyl (C=O) groups excluding carboxylic acids is 2. The summed E-state index contributed by atoms with van der Waals surface area (Å²) in [6.45, 7) is 1.34. The van der Waals surface area contributed by atoms with E-state index in [4.69, 9.17) is 22.1 Å². The summed E-state index contributed by atoms with van der Waals surface area (Å²) in [4.78, 5) is 22.4. The molecule has 0 aliphatic carbocycles. The second-order valence-electron chi connectivity index (χ2n) is 2.92. The number of Topliss-reactive ketones (excluding diaryl/α,β-unsaturated/α-hetero) is 1. The predicted molar refractivity (Wildman–Crippen MR) is 56.5 cm³/mol. The van der Waals surface area contributed by atoms with Gasteiger partial charge in [0.1, 0.15) is 5.75 Å². The minimum atomic E-state index is -0.746. The van der Waals surface area contributed by atoms with E-state index in [0.29, 0.717) is 5.75 Å². The fraction of sp³-hybridized carbons (Fsp3) is 0.200. The highest BCUT2D eigenvalue weighted by Gasteiger charge is 2.19. The Morgan fingerprint density at radius 2 is 2.00 bits per heavy atom. The number of primary amides is 1. The van der Waals surface area contributed by atoms with Crippen molar-refractivity contribution in [1.29, 1.82) is 0 Å². The monoisotopic (exact) mass is 227 g/mol. The quantitative estimate of drug-likeness (QED) is 0.799. The molecule has 1 aromatic carbocycles. The summed E-state index contributed by atoms with van der Waals surface area (Å²) in [7, 11) is 1.42. The maximum Gasteiger partial charge on any atom is 0.251 e. The molecule has 0 aromatic heterocycles. The van der Waals surface area contributed by atoms with E-state index >= 15 is 0 Å². The van der Waals surface area contributed by atoms with E-state index in [1.54, 1.807) is 0 Å². The molecule has 0 spiro atoms. The number of rotatable bonds is 3. The van der Waals surface area contributed by atoms with Crippen LogP contribution >= 0.6 is 11.6 Å². The lowest BCUT2D eigenvalue weighted by molar-refractivity contribution is 0.0973. The largest absolute Gasteiger partial charge is 0.495 e. The highest BCUT2D eigenvalue weighted by Crippen LogP contribution is 2.30. The van der Waals surface area contributed by atoms with Crippen LogP contribution in [0.15, 0.2) is 12.1 Å². The van der Waals surface area contributed by atoms with Gasteiger partial charge in [0.05, 0.1) is 17.7 Å². The van der Waals surface area contributed by atoms with Gasteiger partial charge < -0.3 is 10.5 Å². The van der Waals surface area contributed by atoms with Crippen molar-refractivity contribution < 1.29 is 14.3 Å². The van der Waals surface area contributed by atoms with Crippen LogP contribution in [0, 0.1) is 0 Å². The molecule has 1 rings (SSSR count). The number of nitrogens with two attached hydrogens (primary N) is 1. The molecule has 0 bridgehead atoms. The lowest BCUT2D eigenvalue weighted by Gasteiger charge is -2.09. The number of ether oxygens (including phenoxy) is 1. The molecule has 4 nitrogen and oxygen atoms in total. The number of methoxy groups -OCH3 is 1. The van der Waals surface area contributed by atoms with Gasteiger partial charge in [-0.25, -0.2) is 0 Å². The highest BCUT2D eigenvalue weighted by molar-refractivity contribution is 6.36. The van der Waals surface area contributed by atoms with Gasteiger partial charge in [0.25, 0.3) is 5.91 Å². The fourth-order valence-electron chi connectivity index (χ4n) is 1.25. The van der Waals surface area contributed by atoms with Gasteiger partial charge in [-0.3, -0.25) is 9.59 Å². The van der Waals surface area contributed by atoms with E-state index in [-0.39, 0.29) is 21.9 Å². The summed E-state index contributed by atoms with van der Waals surface area (Å²) in [5.74, 6) is -0.701. The average Bonchev–Trinajstić information content (AvgIpc) is 2.16. The molecule has 0 heterocycles. The van der Waals surface area contributed by atoms with Gasteiger partial charge in [-0.1, -0.05) is 11.6 Å². The van der Waals surface area contributed by atoms with Crippen molar-refractivity contribution in [3.8, 4) is 5.75 Å². The third-order valence-electron chi connectivity index (χ3n) is 1.95. The van der Waals surface area contributed by atoms with E-state index in [2.05, 4.69) is 0 Å². The predicted octanol–water partition coefficient (Wildman–Crippen LogP) is 1.65. The molecule has 0 aliphatic heterocycles. The molecule has 0 atom stereocenters. The average molecular weight is 228 g/mol. The zero-order valence-electron chi connectivity index (χ0n) is 8.33. The SMILES string of the molecule is COc1ccc(C(C)=O)c(C(N)=O)c1Cl. The minimum absolute atomic E-state index is 0.00326. The lowest BCUT2D eigenvalue weighted by Crippen LogP contribution is -2.16. The van der Waals surface area contributed by atoms with E-state index in [1.807, 2.05) is 0 Å². The second-order valence-corrected chi connectivity index (χ2v) is 3.30. The van der Waals surface area contributed by atoms with Crippen molar-refractivity contribution in [3.05, 3.63) is 28.3 Å². The summed E-state index contributed by atoms with van der Waals surface area (Å²) in [5, 5.41) is 0.0673. The molecule has 0 radical (unpaired) electrons. The first-order chi connectivity index (χ1) is 6.99. The molecule has 1 aromatic rings. The number of amides is 1. The van der Waals surface area contributed by atoms with Crippen LogP contribution in [0.5, 0.6) is 5.75 Å². The number of benzene rings is 1. The summed E-state index contributed by atoms with van der Waals surface area (Å²) >= 11 is 5.88. The molecule has 2 N–H and O–H groups in total. The Balaban J connectivity index is 3.51. The molecular formula is C10H10ClNO3. The summed E-state index contributed by atoms with van der Waals surface area (Å²) in [5.41, 5.74) is 5.35. The Kier molecular flexibility index (Phi) is 3.31. The van der Waals surface area contributed by atoms with Gasteiger partial charge in [-0.2, -0.15) is 0 Å². The lowest BCUT2D eigenvalue weighted by atomic mass is 10.0. The van der Waals surface area contributed by atoms with Gasteiger partial charge in [0.2, 0.25) is 0 Å². The van der Waals surface area contributed by atoms with Crippen molar-refractivity contribution in [2.45, 2.75) is 6.92 Å². The zero-order chi connectivity index (χ0) is 11.6. The smallest absolute Gasteiger partial charge is 0.251 e. The van der Waals surface area contributed by atoms with Crippen LogP contribution in [0.2, 0.25) is 5.02 Å². The maximum absolute atomic E-state index is 11.2. The van der Waals surface area contributed by atoms with E-state index in [9.17, 15) is 9.59 Å².